The van der Waals surface area contributed by atoms with Gasteiger partial charge in [-0.25, -0.2) is 8.42 Å². The highest BCUT2D eigenvalue weighted by atomic mass is 32.2. The van der Waals surface area contributed by atoms with Gasteiger partial charge in [0, 0.05) is 0 Å². The lowest BCUT2D eigenvalue weighted by Crippen LogP contribution is -2.91. The summed E-state index contributed by atoms with van der Waals surface area (Å²) in [7, 11) is -3.05. The minimum absolute atomic E-state index is 0.0505. The number of aliphatic hydroxyl groups excluding tert-OH is 1. The molecule has 2 heterocycles. The van der Waals surface area contributed by atoms with Gasteiger partial charge in [-0.1, -0.05) is 0 Å². The molecule has 0 spiro atoms. The first kappa shape index (κ1) is 10.7. The normalized spacial score (nSPS) is 29.4. The van der Waals surface area contributed by atoms with Crippen molar-refractivity contribution >= 4 is 9.84 Å². The summed E-state index contributed by atoms with van der Waals surface area (Å²) in [6.45, 7) is 0.560. The molecule has 2 atom stereocenters. The van der Waals surface area contributed by atoms with Crippen LogP contribution in [0.4, 0.5) is 0 Å². The van der Waals surface area contributed by atoms with Crippen LogP contribution >= 0.6 is 0 Å². The molecule has 6 heteroatoms. The van der Waals surface area contributed by atoms with Crippen LogP contribution < -0.4 is 5.32 Å². The van der Waals surface area contributed by atoms with Crippen LogP contribution in [0.3, 0.4) is 0 Å². The van der Waals surface area contributed by atoms with E-state index in [9.17, 15) is 13.5 Å². The summed E-state index contributed by atoms with van der Waals surface area (Å²) in [6.07, 6.45) is 0.815. The van der Waals surface area contributed by atoms with Gasteiger partial charge < -0.3 is 14.8 Å². The molecule has 1 aromatic heterocycles. The molecule has 0 saturated carbocycles. The highest BCUT2D eigenvalue weighted by Crippen LogP contribution is 2.09. The van der Waals surface area contributed by atoms with Gasteiger partial charge in [-0.05, 0) is 12.1 Å². The molecule has 0 amide bonds. The molecular formula is C9H14NO4S+. The Morgan fingerprint density at radius 3 is 2.87 bits per heavy atom. The van der Waals surface area contributed by atoms with Crippen LogP contribution in [0, 0.1) is 0 Å². The van der Waals surface area contributed by atoms with Crippen LogP contribution in [0.15, 0.2) is 22.8 Å². The van der Waals surface area contributed by atoms with Crippen molar-refractivity contribution in [1.82, 2.24) is 0 Å². The monoisotopic (exact) mass is 232 g/mol. The van der Waals surface area contributed by atoms with Crippen LogP contribution in [0.2, 0.25) is 0 Å². The fourth-order valence-corrected chi connectivity index (χ4v) is 3.63. The van der Waals surface area contributed by atoms with E-state index in [2.05, 4.69) is 0 Å². The van der Waals surface area contributed by atoms with E-state index in [4.69, 9.17) is 4.42 Å². The van der Waals surface area contributed by atoms with Crippen molar-refractivity contribution in [1.29, 1.82) is 0 Å². The maximum Gasteiger partial charge on any atom is 0.159 e. The molecule has 0 bridgehead atoms. The summed E-state index contributed by atoms with van der Waals surface area (Å²) in [5, 5.41) is 11.3. The molecule has 1 aromatic rings. The van der Waals surface area contributed by atoms with Gasteiger partial charge in [0.1, 0.15) is 24.4 Å². The molecule has 2 rings (SSSR count). The topological polar surface area (TPSA) is 84.1 Å². The zero-order valence-corrected chi connectivity index (χ0v) is 8.98. The van der Waals surface area contributed by atoms with Crippen LogP contribution in [-0.2, 0) is 16.4 Å². The predicted octanol–water partition coefficient (Wildman–Crippen LogP) is -1.50. The Balaban J connectivity index is 1.91. The Hall–Kier alpha value is -0.850. The zero-order valence-electron chi connectivity index (χ0n) is 8.17. The van der Waals surface area contributed by atoms with Crippen LogP contribution in [0.25, 0.3) is 0 Å². The van der Waals surface area contributed by atoms with Crippen molar-refractivity contribution in [3.8, 4) is 0 Å². The van der Waals surface area contributed by atoms with E-state index < -0.39 is 15.9 Å². The molecule has 84 valence electrons. The Kier molecular flexibility index (Phi) is 2.81. The first-order valence-electron chi connectivity index (χ1n) is 4.81. The quantitative estimate of drug-likeness (QED) is 0.664. The molecule has 1 aliphatic rings. The minimum Gasteiger partial charge on any atom is -0.463 e. The van der Waals surface area contributed by atoms with Crippen molar-refractivity contribution in [2.45, 2.75) is 18.7 Å². The van der Waals surface area contributed by atoms with Crippen molar-refractivity contribution in [2.24, 2.45) is 0 Å². The summed E-state index contributed by atoms with van der Waals surface area (Å²) in [6, 6.07) is 3.34. The second kappa shape index (κ2) is 3.96. The first-order chi connectivity index (χ1) is 7.07. The fourth-order valence-electron chi connectivity index (χ4n) is 1.78. The summed E-state index contributed by atoms with van der Waals surface area (Å²) < 4.78 is 27.5. The van der Waals surface area contributed by atoms with Crippen LogP contribution in [0.1, 0.15) is 5.76 Å². The Morgan fingerprint density at radius 1 is 1.53 bits per heavy atom. The molecule has 1 aliphatic heterocycles. The van der Waals surface area contributed by atoms with E-state index in [1.54, 1.807) is 12.3 Å². The van der Waals surface area contributed by atoms with Crippen LogP contribution in [-0.4, -0.2) is 37.2 Å². The largest absolute Gasteiger partial charge is 0.463 e. The van der Waals surface area contributed by atoms with E-state index in [1.165, 1.54) is 0 Å². The maximum atomic E-state index is 11.2. The summed E-state index contributed by atoms with van der Waals surface area (Å²) in [5.41, 5.74) is 0. The standard InChI is InChI=1S/C9H13NO4S/c11-9-6-15(12,13)5-8(9)10-4-7-2-1-3-14-7/h1-3,8-11H,4-6H2/p+1/t8-,9+/m1/s1. The number of quaternary nitrogens is 1. The van der Waals surface area contributed by atoms with Crippen molar-refractivity contribution in [2.75, 3.05) is 11.5 Å². The third-order valence-corrected chi connectivity index (χ3v) is 4.31. The predicted molar refractivity (Wildman–Crippen MR) is 52.8 cm³/mol. The van der Waals surface area contributed by atoms with Gasteiger partial charge in [-0.2, -0.15) is 0 Å². The number of furan rings is 1. The van der Waals surface area contributed by atoms with E-state index in [0.29, 0.717) is 6.54 Å². The summed E-state index contributed by atoms with van der Waals surface area (Å²) in [4.78, 5) is 0. The lowest BCUT2D eigenvalue weighted by Gasteiger charge is -2.09. The van der Waals surface area contributed by atoms with Gasteiger partial charge in [0.2, 0.25) is 0 Å². The van der Waals surface area contributed by atoms with Gasteiger partial charge in [0.15, 0.2) is 15.6 Å². The van der Waals surface area contributed by atoms with Gasteiger partial charge in [0.25, 0.3) is 0 Å². The first-order valence-corrected chi connectivity index (χ1v) is 6.63. The number of aliphatic hydroxyl groups is 1. The lowest BCUT2D eigenvalue weighted by atomic mass is 10.2. The number of hydrogen-bond acceptors (Lipinski definition) is 4. The fraction of sp³-hybridized carbons (Fsp3) is 0.556. The Bertz CT molecular complexity index is 411. The zero-order chi connectivity index (χ0) is 10.9. The lowest BCUT2D eigenvalue weighted by molar-refractivity contribution is -0.706. The van der Waals surface area contributed by atoms with E-state index in [1.807, 2.05) is 11.4 Å². The van der Waals surface area contributed by atoms with Gasteiger partial charge >= 0.3 is 0 Å². The average molecular weight is 232 g/mol. The molecule has 1 fully saturated rings. The minimum atomic E-state index is -3.05. The second-order valence-electron chi connectivity index (χ2n) is 3.83. The molecular weight excluding hydrogens is 218 g/mol. The highest BCUT2D eigenvalue weighted by molar-refractivity contribution is 7.91. The van der Waals surface area contributed by atoms with E-state index in [-0.39, 0.29) is 17.5 Å². The molecule has 0 unspecified atom stereocenters. The van der Waals surface area contributed by atoms with Gasteiger partial charge in [-0.3, -0.25) is 0 Å². The molecule has 0 radical (unpaired) electrons. The van der Waals surface area contributed by atoms with E-state index >= 15 is 0 Å². The van der Waals surface area contributed by atoms with Gasteiger partial charge in [0.05, 0.1) is 12.0 Å². The number of nitrogens with two attached hydrogens (primary N) is 1. The Labute approximate surface area is 88.0 Å². The van der Waals surface area contributed by atoms with Crippen molar-refractivity contribution in [3.05, 3.63) is 24.2 Å². The number of hydrogen-bond donors (Lipinski definition) is 2. The SMILES string of the molecule is O=S1(=O)C[C@H](O)[C@H]([NH2+]Cc2ccco2)C1. The number of rotatable bonds is 3. The molecule has 1 saturated heterocycles. The third kappa shape index (κ3) is 2.58. The maximum absolute atomic E-state index is 11.2. The average Bonchev–Trinajstić information content (AvgIpc) is 2.70. The van der Waals surface area contributed by atoms with Crippen LogP contribution in [0.5, 0.6) is 0 Å². The molecule has 5 nitrogen and oxygen atoms in total. The molecule has 0 aliphatic carbocycles. The summed E-state index contributed by atoms with van der Waals surface area (Å²) in [5.74, 6) is 0.716. The van der Waals surface area contributed by atoms with E-state index in [0.717, 1.165) is 5.76 Å². The third-order valence-electron chi connectivity index (χ3n) is 2.57. The van der Waals surface area contributed by atoms with Gasteiger partial charge in [-0.15, -0.1) is 0 Å². The smallest absolute Gasteiger partial charge is 0.159 e. The highest BCUT2D eigenvalue weighted by Gasteiger charge is 2.39. The Morgan fingerprint density at radius 2 is 2.33 bits per heavy atom. The van der Waals surface area contributed by atoms with Crippen molar-refractivity contribution in [3.63, 3.8) is 0 Å². The molecule has 0 aromatic carbocycles. The molecule has 15 heavy (non-hydrogen) atoms. The summed E-state index contributed by atoms with van der Waals surface area (Å²) >= 11 is 0. The molecule has 3 N–H and O–H groups in total. The number of sulfone groups is 1. The van der Waals surface area contributed by atoms with Crippen molar-refractivity contribution < 1.29 is 23.3 Å². The second-order valence-corrected chi connectivity index (χ2v) is 5.98.